The summed E-state index contributed by atoms with van der Waals surface area (Å²) in [5, 5.41) is 11.1. The van der Waals surface area contributed by atoms with Crippen molar-refractivity contribution in [3.63, 3.8) is 0 Å². The van der Waals surface area contributed by atoms with Gasteiger partial charge in [0.05, 0.1) is 0 Å². The highest BCUT2D eigenvalue weighted by atomic mass is 16.5. The Hall–Kier alpha value is -1.85. The number of allylic oxidation sites excluding steroid dienone is 2. The van der Waals surface area contributed by atoms with E-state index in [-0.39, 0.29) is 24.5 Å². The van der Waals surface area contributed by atoms with E-state index in [0.29, 0.717) is 12.8 Å². The smallest absolute Gasteiger partial charge is 0.322 e. The number of aliphatic carboxylic acids is 1. The molecule has 0 spiro atoms. The van der Waals surface area contributed by atoms with Crippen LogP contribution in [0.1, 0.15) is 200 Å². The molecule has 0 aromatic rings. The average Bonchev–Trinajstić information content (AvgIpc) is 3.00. The van der Waals surface area contributed by atoms with Gasteiger partial charge >= 0.3 is 11.9 Å². The van der Waals surface area contributed by atoms with E-state index in [1.165, 1.54) is 109 Å². The molecule has 0 bridgehead atoms. The van der Waals surface area contributed by atoms with E-state index in [4.69, 9.17) is 9.84 Å². The summed E-state index contributed by atoms with van der Waals surface area (Å²) >= 11 is 0. The van der Waals surface area contributed by atoms with E-state index in [9.17, 15) is 14.4 Å². The van der Waals surface area contributed by atoms with Crippen molar-refractivity contribution in [2.24, 2.45) is 0 Å². The largest absolute Gasteiger partial charge is 0.480 e. The normalized spacial score (nSPS) is 12.0. The van der Waals surface area contributed by atoms with Gasteiger partial charge < -0.3 is 15.2 Å². The first-order valence-electron chi connectivity index (χ1n) is 18.8. The quantitative estimate of drug-likeness (QED) is 0.0423. The summed E-state index contributed by atoms with van der Waals surface area (Å²) in [6.07, 6.45) is 37.5. The fraction of sp³-hybridized carbons (Fsp3) is 0.868. The van der Waals surface area contributed by atoms with Crippen molar-refractivity contribution in [3.05, 3.63) is 12.2 Å². The highest BCUT2D eigenvalue weighted by molar-refractivity contribution is 5.80. The van der Waals surface area contributed by atoms with E-state index in [0.717, 1.165) is 64.2 Å². The molecule has 1 atom stereocenters. The molecule has 1 unspecified atom stereocenters. The van der Waals surface area contributed by atoms with Crippen molar-refractivity contribution < 1.29 is 24.2 Å². The molecule has 0 aromatic heterocycles. The summed E-state index contributed by atoms with van der Waals surface area (Å²) in [5.74, 6) is -1.23. The minimum Gasteiger partial charge on any atom is -0.480 e. The molecule has 0 saturated carbocycles. The Morgan fingerprint density at radius 2 is 1.00 bits per heavy atom. The zero-order valence-electron chi connectivity index (χ0n) is 29.0. The number of carboxylic acid groups (broad SMARTS) is 1. The number of carbonyl (C=O) groups is 3. The Balaban J connectivity index is 4.18. The lowest BCUT2D eigenvalue weighted by molar-refractivity contribution is -0.150. The standard InChI is InChI=1S/C38H71NO5/c1-3-5-7-9-11-13-15-17-19-22-26-30-35(31-27-23-21-24-28-32-36(40)39-34-37(41)42)44-38(43)33-29-25-20-18-16-14-12-10-8-6-4-2/h10,12,35H,3-9,11,13-34H2,1-2H3,(H,39,40)(H,41,42)/b12-10-. The lowest BCUT2D eigenvalue weighted by Crippen LogP contribution is -2.28. The first-order chi connectivity index (χ1) is 21.5. The Bertz CT molecular complexity index is 693. The third kappa shape index (κ3) is 33.1. The van der Waals surface area contributed by atoms with Gasteiger partial charge in [-0.15, -0.1) is 0 Å². The van der Waals surface area contributed by atoms with Crippen LogP contribution < -0.4 is 5.32 Å². The van der Waals surface area contributed by atoms with Crippen LogP contribution in [0.25, 0.3) is 0 Å². The zero-order valence-corrected chi connectivity index (χ0v) is 29.0. The van der Waals surface area contributed by atoms with Gasteiger partial charge in [-0.3, -0.25) is 14.4 Å². The van der Waals surface area contributed by atoms with Crippen LogP contribution in [0.3, 0.4) is 0 Å². The fourth-order valence-electron chi connectivity index (χ4n) is 5.61. The number of carbonyl (C=O) groups excluding carboxylic acids is 2. The molecule has 0 aromatic carbocycles. The topological polar surface area (TPSA) is 92.7 Å². The molecule has 0 rings (SSSR count). The number of esters is 1. The molecule has 258 valence electrons. The third-order valence-electron chi connectivity index (χ3n) is 8.44. The van der Waals surface area contributed by atoms with E-state index in [1.807, 2.05) is 0 Å². The minimum absolute atomic E-state index is 0.0238. The maximum atomic E-state index is 12.6. The Morgan fingerprint density at radius 1 is 0.568 bits per heavy atom. The Morgan fingerprint density at radius 3 is 1.52 bits per heavy atom. The number of ether oxygens (including phenoxy) is 1. The number of amides is 1. The van der Waals surface area contributed by atoms with E-state index < -0.39 is 5.97 Å². The van der Waals surface area contributed by atoms with Gasteiger partial charge in [0.2, 0.25) is 5.91 Å². The number of rotatable bonds is 34. The molecule has 6 nitrogen and oxygen atoms in total. The van der Waals surface area contributed by atoms with Crippen LogP contribution in [-0.2, 0) is 19.1 Å². The predicted molar refractivity (Wildman–Crippen MR) is 185 cm³/mol. The van der Waals surface area contributed by atoms with Crippen LogP contribution in [0.5, 0.6) is 0 Å². The van der Waals surface area contributed by atoms with Gasteiger partial charge in [-0.25, -0.2) is 0 Å². The maximum absolute atomic E-state index is 12.6. The molecular formula is C38H71NO5. The van der Waals surface area contributed by atoms with Crippen LogP contribution in [0, 0.1) is 0 Å². The lowest BCUT2D eigenvalue weighted by Gasteiger charge is -2.18. The first kappa shape index (κ1) is 42.1. The number of carboxylic acids is 1. The van der Waals surface area contributed by atoms with Gasteiger partial charge in [0.1, 0.15) is 12.6 Å². The highest BCUT2D eigenvalue weighted by Crippen LogP contribution is 2.19. The van der Waals surface area contributed by atoms with Gasteiger partial charge in [0, 0.05) is 12.8 Å². The lowest BCUT2D eigenvalue weighted by atomic mass is 10.0. The van der Waals surface area contributed by atoms with Crippen molar-refractivity contribution in [2.75, 3.05) is 6.54 Å². The summed E-state index contributed by atoms with van der Waals surface area (Å²) in [5.41, 5.74) is 0. The molecule has 1 amide bonds. The molecule has 6 heteroatoms. The van der Waals surface area contributed by atoms with Crippen molar-refractivity contribution in [3.8, 4) is 0 Å². The summed E-state index contributed by atoms with van der Waals surface area (Å²) in [7, 11) is 0. The minimum atomic E-state index is -1.02. The predicted octanol–water partition coefficient (Wildman–Crippen LogP) is 11.0. The Kier molecular flexibility index (Phi) is 32.6. The monoisotopic (exact) mass is 622 g/mol. The van der Waals surface area contributed by atoms with Crippen molar-refractivity contribution in [2.45, 2.75) is 206 Å². The molecule has 0 radical (unpaired) electrons. The van der Waals surface area contributed by atoms with Crippen LogP contribution in [0.4, 0.5) is 0 Å². The summed E-state index contributed by atoms with van der Waals surface area (Å²) in [6.45, 7) is 4.19. The summed E-state index contributed by atoms with van der Waals surface area (Å²) < 4.78 is 5.99. The molecule has 0 aliphatic carbocycles. The maximum Gasteiger partial charge on any atom is 0.322 e. The van der Waals surface area contributed by atoms with Crippen LogP contribution >= 0.6 is 0 Å². The van der Waals surface area contributed by atoms with E-state index in [2.05, 4.69) is 31.3 Å². The summed E-state index contributed by atoms with van der Waals surface area (Å²) in [4.78, 5) is 34.8. The molecule has 0 aliphatic rings. The van der Waals surface area contributed by atoms with Crippen molar-refractivity contribution in [1.29, 1.82) is 0 Å². The van der Waals surface area contributed by atoms with Gasteiger partial charge in [-0.05, 0) is 57.8 Å². The van der Waals surface area contributed by atoms with E-state index in [1.54, 1.807) is 0 Å². The molecular weight excluding hydrogens is 550 g/mol. The zero-order chi connectivity index (χ0) is 32.4. The van der Waals surface area contributed by atoms with Crippen LogP contribution in [0.15, 0.2) is 12.2 Å². The fourth-order valence-corrected chi connectivity index (χ4v) is 5.61. The summed E-state index contributed by atoms with van der Waals surface area (Å²) in [6, 6.07) is 0. The van der Waals surface area contributed by atoms with Gasteiger partial charge in [0.25, 0.3) is 0 Å². The second-order valence-electron chi connectivity index (χ2n) is 12.8. The Labute approximate surface area is 271 Å². The van der Waals surface area contributed by atoms with Gasteiger partial charge in [0.15, 0.2) is 0 Å². The van der Waals surface area contributed by atoms with Gasteiger partial charge in [-0.2, -0.15) is 0 Å². The molecule has 44 heavy (non-hydrogen) atoms. The average molecular weight is 622 g/mol. The number of hydrogen-bond donors (Lipinski definition) is 2. The molecule has 0 heterocycles. The van der Waals surface area contributed by atoms with Crippen LogP contribution in [-0.4, -0.2) is 35.6 Å². The number of hydrogen-bond acceptors (Lipinski definition) is 4. The third-order valence-corrected chi connectivity index (χ3v) is 8.44. The molecule has 0 aliphatic heterocycles. The highest BCUT2D eigenvalue weighted by Gasteiger charge is 2.14. The van der Waals surface area contributed by atoms with Crippen molar-refractivity contribution in [1.82, 2.24) is 5.32 Å². The van der Waals surface area contributed by atoms with Crippen LogP contribution in [0.2, 0.25) is 0 Å². The first-order valence-corrected chi connectivity index (χ1v) is 18.8. The second-order valence-corrected chi connectivity index (χ2v) is 12.8. The molecule has 2 N–H and O–H groups in total. The molecule has 0 fully saturated rings. The number of unbranched alkanes of at least 4 members (excludes halogenated alkanes) is 21. The van der Waals surface area contributed by atoms with Gasteiger partial charge in [-0.1, -0.05) is 142 Å². The van der Waals surface area contributed by atoms with E-state index >= 15 is 0 Å². The molecule has 0 saturated heterocycles. The SMILES string of the molecule is CCCC/C=C\CCCCCCCC(=O)OC(CCCCCCCCCCCCC)CCCCCCCC(=O)NCC(=O)O. The number of nitrogens with one attached hydrogen (secondary N) is 1. The van der Waals surface area contributed by atoms with Crippen molar-refractivity contribution >= 4 is 17.8 Å². The second kappa shape index (κ2) is 34.0.